The SMILES string of the molecule is CC(C)(C#N)NC(=O)CCc1ccc2c(c1)OCO2. The molecule has 1 N–H and O–H groups in total. The van der Waals surface area contributed by atoms with E-state index in [4.69, 9.17) is 14.7 Å². The summed E-state index contributed by atoms with van der Waals surface area (Å²) >= 11 is 0. The highest BCUT2D eigenvalue weighted by Gasteiger charge is 2.19. The second kappa shape index (κ2) is 5.19. The Labute approximate surface area is 112 Å². The fourth-order valence-corrected chi connectivity index (χ4v) is 1.79. The number of nitrogens with one attached hydrogen (secondary N) is 1. The lowest BCUT2D eigenvalue weighted by atomic mass is 10.1. The molecule has 0 bridgehead atoms. The van der Waals surface area contributed by atoms with Gasteiger partial charge in [-0.05, 0) is 38.0 Å². The van der Waals surface area contributed by atoms with Gasteiger partial charge in [-0.25, -0.2) is 0 Å². The van der Waals surface area contributed by atoms with Crippen LogP contribution < -0.4 is 14.8 Å². The summed E-state index contributed by atoms with van der Waals surface area (Å²) < 4.78 is 10.5. The molecule has 0 fully saturated rings. The molecule has 1 aromatic rings. The Hall–Kier alpha value is -2.22. The van der Waals surface area contributed by atoms with Crippen molar-refractivity contribution in [2.24, 2.45) is 0 Å². The predicted octanol–water partition coefficient (Wildman–Crippen LogP) is 1.77. The van der Waals surface area contributed by atoms with Gasteiger partial charge in [0.05, 0.1) is 6.07 Å². The van der Waals surface area contributed by atoms with E-state index in [9.17, 15) is 4.79 Å². The van der Waals surface area contributed by atoms with E-state index >= 15 is 0 Å². The lowest BCUT2D eigenvalue weighted by Crippen LogP contribution is -2.42. The van der Waals surface area contributed by atoms with Gasteiger partial charge in [0.1, 0.15) is 5.54 Å². The molecule has 1 amide bonds. The molecule has 5 nitrogen and oxygen atoms in total. The number of benzene rings is 1. The summed E-state index contributed by atoms with van der Waals surface area (Å²) in [7, 11) is 0. The van der Waals surface area contributed by atoms with Gasteiger partial charge in [0, 0.05) is 6.42 Å². The first-order chi connectivity index (χ1) is 9.00. The molecule has 0 unspecified atom stereocenters. The molecule has 0 aromatic heterocycles. The molecule has 0 atom stereocenters. The average Bonchev–Trinajstić information content (AvgIpc) is 2.83. The van der Waals surface area contributed by atoms with Crippen molar-refractivity contribution in [3.63, 3.8) is 0 Å². The van der Waals surface area contributed by atoms with Gasteiger partial charge in [-0.15, -0.1) is 0 Å². The maximum absolute atomic E-state index is 11.7. The molecule has 5 heteroatoms. The quantitative estimate of drug-likeness (QED) is 0.895. The van der Waals surface area contributed by atoms with Crippen LogP contribution in [-0.2, 0) is 11.2 Å². The van der Waals surface area contributed by atoms with Crippen molar-refractivity contribution in [1.82, 2.24) is 5.32 Å². The first kappa shape index (κ1) is 13.2. The smallest absolute Gasteiger partial charge is 0.231 e. The van der Waals surface area contributed by atoms with Crippen LogP contribution in [0.1, 0.15) is 25.8 Å². The third-order valence-corrected chi connectivity index (χ3v) is 2.81. The molecule has 1 aromatic carbocycles. The Morgan fingerprint density at radius 2 is 2.16 bits per heavy atom. The second-order valence-electron chi connectivity index (χ2n) is 4.97. The van der Waals surface area contributed by atoms with Crippen molar-refractivity contribution in [2.75, 3.05) is 6.79 Å². The van der Waals surface area contributed by atoms with Crippen LogP contribution in [0.15, 0.2) is 18.2 Å². The zero-order valence-corrected chi connectivity index (χ0v) is 11.0. The fraction of sp³-hybridized carbons (Fsp3) is 0.429. The highest BCUT2D eigenvalue weighted by atomic mass is 16.7. The molecule has 1 aliphatic heterocycles. The first-order valence-electron chi connectivity index (χ1n) is 6.11. The molecule has 19 heavy (non-hydrogen) atoms. The number of carbonyl (C=O) groups excluding carboxylic acids is 1. The van der Waals surface area contributed by atoms with Crippen LogP contribution in [0.25, 0.3) is 0 Å². The summed E-state index contributed by atoms with van der Waals surface area (Å²) in [6, 6.07) is 7.67. The van der Waals surface area contributed by atoms with E-state index in [1.807, 2.05) is 24.3 Å². The van der Waals surface area contributed by atoms with Gasteiger partial charge < -0.3 is 14.8 Å². The van der Waals surface area contributed by atoms with Crippen molar-refractivity contribution in [3.05, 3.63) is 23.8 Å². The monoisotopic (exact) mass is 260 g/mol. The molecule has 0 saturated heterocycles. The van der Waals surface area contributed by atoms with E-state index in [1.165, 1.54) is 0 Å². The van der Waals surface area contributed by atoms with Gasteiger partial charge >= 0.3 is 0 Å². The number of hydrogen-bond donors (Lipinski definition) is 1. The Bertz CT molecular complexity index is 532. The number of fused-ring (bicyclic) bond motifs is 1. The second-order valence-corrected chi connectivity index (χ2v) is 4.97. The Morgan fingerprint density at radius 1 is 1.42 bits per heavy atom. The van der Waals surface area contributed by atoms with Crippen LogP contribution in [0, 0.1) is 11.3 Å². The van der Waals surface area contributed by atoms with Crippen LogP contribution in [0.3, 0.4) is 0 Å². The number of nitrogens with zero attached hydrogens (tertiary/aromatic N) is 1. The fourth-order valence-electron chi connectivity index (χ4n) is 1.79. The highest BCUT2D eigenvalue weighted by molar-refractivity contribution is 5.77. The first-order valence-corrected chi connectivity index (χ1v) is 6.11. The topological polar surface area (TPSA) is 71.4 Å². The zero-order chi connectivity index (χ0) is 13.9. The molecule has 2 rings (SSSR count). The Morgan fingerprint density at radius 3 is 2.89 bits per heavy atom. The van der Waals surface area contributed by atoms with E-state index in [1.54, 1.807) is 13.8 Å². The van der Waals surface area contributed by atoms with E-state index in [-0.39, 0.29) is 12.7 Å². The molecule has 0 spiro atoms. The molecule has 0 radical (unpaired) electrons. The van der Waals surface area contributed by atoms with Gasteiger partial charge in [-0.1, -0.05) is 6.07 Å². The third kappa shape index (κ3) is 3.38. The third-order valence-electron chi connectivity index (χ3n) is 2.81. The van der Waals surface area contributed by atoms with Crippen molar-refractivity contribution in [2.45, 2.75) is 32.2 Å². The highest BCUT2D eigenvalue weighted by Crippen LogP contribution is 2.32. The van der Waals surface area contributed by atoms with Crippen LogP contribution in [0.2, 0.25) is 0 Å². The predicted molar refractivity (Wildman–Crippen MR) is 68.7 cm³/mol. The molecule has 0 saturated carbocycles. The normalized spacial score (nSPS) is 12.9. The van der Waals surface area contributed by atoms with Gasteiger partial charge in [-0.2, -0.15) is 5.26 Å². The average molecular weight is 260 g/mol. The summed E-state index contributed by atoms with van der Waals surface area (Å²) in [6.45, 7) is 3.59. The Kier molecular flexibility index (Phi) is 3.61. The van der Waals surface area contributed by atoms with Crippen LogP contribution in [0.5, 0.6) is 11.5 Å². The number of nitriles is 1. The molecular weight excluding hydrogens is 244 g/mol. The standard InChI is InChI=1S/C14H16N2O3/c1-14(2,8-15)16-13(17)6-4-10-3-5-11-12(7-10)19-9-18-11/h3,5,7H,4,6,9H2,1-2H3,(H,16,17). The lowest BCUT2D eigenvalue weighted by Gasteiger charge is -2.17. The summed E-state index contributed by atoms with van der Waals surface area (Å²) in [5.74, 6) is 1.32. The number of hydrogen-bond acceptors (Lipinski definition) is 4. The molecule has 100 valence electrons. The van der Waals surface area contributed by atoms with Crippen molar-refractivity contribution >= 4 is 5.91 Å². The molecule has 1 aliphatic rings. The Balaban J connectivity index is 1.89. The van der Waals surface area contributed by atoms with Crippen molar-refractivity contribution in [3.8, 4) is 17.6 Å². The molecule has 1 heterocycles. The maximum Gasteiger partial charge on any atom is 0.231 e. The maximum atomic E-state index is 11.7. The summed E-state index contributed by atoms with van der Waals surface area (Å²) in [6.07, 6.45) is 0.939. The number of aryl methyl sites for hydroxylation is 1. The largest absolute Gasteiger partial charge is 0.454 e. The zero-order valence-electron chi connectivity index (χ0n) is 11.0. The van der Waals surface area contributed by atoms with Gasteiger partial charge in [0.25, 0.3) is 0 Å². The van der Waals surface area contributed by atoms with Crippen molar-refractivity contribution in [1.29, 1.82) is 5.26 Å². The minimum atomic E-state index is -0.827. The summed E-state index contributed by atoms with van der Waals surface area (Å²) in [5, 5.41) is 11.5. The minimum absolute atomic E-state index is 0.135. The van der Waals surface area contributed by atoms with Gasteiger partial charge in [0.15, 0.2) is 11.5 Å². The van der Waals surface area contributed by atoms with Crippen molar-refractivity contribution < 1.29 is 14.3 Å². The molecular formula is C14H16N2O3. The minimum Gasteiger partial charge on any atom is -0.454 e. The van der Waals surface area contributed by atoms with E-state index in [2.05, 4.69) is 5.32 Å². The van der Waals surface area contributed by atoms with Crippen LogP contribution in [-0.4, -0.2) is 18.2 Å². The summed E-state index contributed by atoms with van der Waals surface area (Å²) in [4.78, 5) is 11.7. The van der Waals surface area contributed by atoms with E-state index in [0.717, 1.165) is 17.1 Å². The lowest BCUT2D eigenvalue weighted by molar-refractivity contribution is -0.122. The number of amides is 1. The number of ether oxygens (including phenoxy) is 2. The van der Waals surface area contributed by atoms with E-state index < -0.39 is 5.54 Å². The van der Waals surface area contributed by atoms with E-state index in [0.29, 0.717) is 12.8 Å². The summed E-state index contributed by atoms with van der Waals surface area (Å²) in [5.41, 5.74) is 0.181. The van der Waals surface area contributed by atoms with Gasteiger partial charge in [0.2, 0.25) is 12.7 Å². The number of carbonyl (C=O) groups is 1. The van der Waals surface area contributed by atoms with Gasteiger partial charge in [-0.3, -0.25) is 4.79 Å². The van der Waals surface area contributed by atoms with Crippen LogP contribution in [0.4, 0.5) is 0 Å². The number of rotatable bonds is 4. The van der Waals surface area contributed by atoms with Crippen LogP contribution >= 0.6 is 0 Å². The molecule has 0 aliphatic carbocycles.